The van der Waals surface area contributed by atoms with E-state index in [1.165, 1.54) is 6.42 Å². The molecule has 0 aromatic heterocycles. The van der Waals surface area contributed by atoms with Crippen molar-refractivity contribution in [2.75, 3.05) is 19.0 Å². The molecule has 0 radical (unpaired) electrons. The van der Waals surface area contributed by atoms with Crippen molar-refractivity contribution in [1.29, 1.82) is 0 Å². The Morgan fingerprint density at radius 1 is 1.10 bits per heavy atom. The lowest BCUT2D eigenvalue weighted by Crippen LogP contribution is -2.38. The summed E-state index contributed by atoms with van der Waals surface area (Å²) in [6.45, 7) is 3.77. The molecule has 0 aliphatic heterocycles. The van der Waals surface area contributed by atoms with Crippen LogP contribution in [-0.2, 0) is 4.79 Å². The molecule has 1 aliphatic carbocycles. The Morgan fingerprint density at radius 2 is 1.73 bits per heavy atom. The van der Waals surface area contributed by atoms with Crippen LogP contribution in [-0.4, -0.2) is 36.4 Å². The predicted molar refractivity (Wildman–Crippen MR) is 123 cm³/mol. The van der Waals surface area contributed by atoms with Crippen molar-refractivity contribution in [3.8, 4) is 5.75 Å². The van der Waals surface area contributed by atoms with Gasteiger partial charge in [0.25, 0.3) is 11.8 Å². The lowest BCUT2D eigenvalue weighted by Gasteiger charge is -2.31. The number of nitrogens with zero attached hydrogens (tertiary/aromatic N) is 1. The Kier molecular flexibility index (Phi) is 7.53. The first kappa shape index (κ1) is 22.3. The summed E-state index contributed by atoms with van der Waals surface area (Å²) in [6, 6.07) is 11.3. The van der Waals surface area contributed by atoms with Gasteiger partial charge in [-0.1, -0.05) is 47.3 Å². The van der Waals surface area contributed by atoms with E-state index < -0.39 is 0 Å². The number of benzene rings is 2. The number of ether oxygens (including phenoxy) is 1. The van der Waals surface area contributed by atoms with Gasteiger partial charge in [-0.25, -0.2) is 0 Å². The third kappa shape index (κ3) is 5.42. The number of hydrogen-bond donors (Lipinski definition) is 1. The average Bonchev–Trinajstić information content (AvgIpc) is 2.73. The minimum atomic E-state index is -0.294. The molecule has 6 heteroatoms. The van der Waals surface area contributed by atoms with Gasteiger partial charge < -0.3 is 15.0 Å². The Bertz CT molecular complexity index is 899. The number of anilines is 1. The van der Waals surface area contributed by atoms with Crippen molar-refractivity contribution in [3.05, 3.63) is 57.6 Å². The lowest BCUT2D eigenvalue weighted by atomic mass is 9.94. The van der Waals surface area contributed by atoms with Crippen LogP contribution in [0, 0.1) is 13.8 Å². The van der Waals surface area contributed by atoms with Gasteiger partial charge in [-0.3, -0.25) is 9.59 Å². The number of aryl methyl sites for hydroxylation is 2. The highest BCUT2D eigenvalue weighted by Crippen LogP contribution is 2.28. The van der Waals surface area contributed by atoms with Crippen molar-refractivity contribution in [2.45, 2.75) is 52.0 Å². The molecular weight excluding hydrogens is 444 g/mol. The number of rotatable bonds is 6. The molecule has 0 heterocycles. The van der Waals surface area contributed by atoms with Gasteiger partial charge in [-0.05, 0) is 62.1 Å². The molecule has 0 bridgehead atoms. The molecule has 0 unspecified atom stereocenters. The summed E-state index contributed by atoms with van der Waals surface area (Å²) >= 11 is 3.46. The van der Waals surface area contributed by atoms with Gasteiger partial charge in [0, 0.05) is 17.6 Å². The fourth-order valence-electron chi connectivity index (χ4n) is 4.05. The van der Waals surface area contributed by atoms with Gasteiger partial charge in [0.2, 0.25) is 0 Å². The smallest absolute Gasteiger partial charge is 0.262 e. The number of para-hydroxylation sites is 1. The predicted octanol–water partition coefficient (Wildman–Crippen LogP) is 5.49. The first-order valence-corrected chi connectivity index (χ1v) is 11.2. The van der Waals surface area contributed by atoms with Crippen LogP contribution < -0.4 is 10.1 Å². The summed E-state index contributed by atoms with van der Waals surface area (Å²) in [5.41, 5.74) is 2.94. The van der Waals surface area contributed by atoms with E-state index in [1.54, 1.807) is 12.1 Å². The minimum Gasteiger partial charge on any atom is -0.483 e. The van der Waals surface area contributed by atoms with E-state index in [0.717, 1.165) is 41.3 Å². The maximum atomic E-state index is 13.1. The number of halogens is 1. The molecular formula is C24H29BrN2O3. The summed E-state index contributed by atoms with van der Waals surface area (Å²) in [5.74, 6) is 0.352. The van der Waals surface area contributed by atoms with Crippen molar-refractivity contribution in [2.24, 2.45) is 0 Å². The fourth-order valence-corrected chi connectivity index (χ4v) is 4.74. The summed E-state index contributed by atoms with van der Waals surface area (Å²) in [4.78, 5) is 27.5. The second-order valence-corrected chi connectivity index (χ2v) is 8.87. The number of nitrogens with one attached hydrogen (secondary N) is 1. The second-order valence-electron chi connectivity index (χ2n) is 7.96. The van der Waals surface area contributed by atoms with Gasteiger partial charge in [0.15, 0.2) is 6.61 Å². The first-order chi connectivity index (χ1) is 14.4. The number of carbonyl (C=O) groups excluding carboxylic acids is 2. The lowest BCUT2D eigenvalue weighted by molar-refractivity contribution is -0.118. The van der Waals surface area contributed by atoms with E-state index in [-0.39, 0.29) is 24.5 Å². The maximum absolute atomic E-state index is 13.1. The largest absolute Gasteiger partial charge is 0.483 e. The normalized spacial score (nSPS) is 14.3. The van der Waals surface area contributed by atoms with E-state index in [2.05, 4.69) is 21.2 Å². The minimum absolute atomic E-state index is 0.0571. The number of hydrogen-bond acceptors (Lipinski definition) is 3. The number of carbonyl (C=O) groups is 2. The van der Waals surface area contributed by atoms with Crippen molar-refractivity contribution in [3.63, 3.8) is 0 Å². The molecule has 1 fully saturated rings. The van der Waals surface area contributed by atoms with E-state index in [4.69, 9.17) is 4.74 Å². The zero-order valence-corrected chi connectivity index (χ0v) is 19.4. The zero-order valence-electron chi connectivity index (χ0n) is 17.8. The third-order valence-corrected chi connectivity index (χ3v) is 6.10. The summed E-state index contributed by atoms with van der Waals surface area (Å²) in [6.07, 6.45) is 5.63. The van der Waals surface area contributed by atoms with Crippen LogP contribution in [0.4, 0.5) is 5.69 Å². The molecule has 2 aromatic carbocycles. The molecule has 1 aliphatic rings. The summed E-state index contributed by atoms with van der Waals surface area (Å²) in [7, 11) is 1.86. The van der Waals surface area contributed by atoms with Crippen LogP contribution in [0.5, 0.6) is 5.75 Å². The molecule has 1 saturated carbocycles. The highest BCUT2D eigenvalue weighted by molar-refractivity contribution is 9.10. The fraction of sp³-hybridized carbons (Fsp3) is 0.417. The molecule has 0 saturated heterocycles. The molecule has 2 aromatic rings. The van der Waals surface area contributed by atoms with Crippen LogP contribution in [0.3, 0.4) is 0 Å². The van der Waals surface area contributed by atoms with Gasteiger partial charge in [-0.2, -0.15) is 0 Å². The van der Waals surface area contributed by atoms with Gasteiger partial charge in [-0.15, -0.1) is 0 Å². The summed E-state index contributed by atoms with van der Waals surface area (Å²) in [5, 5.41) is 2.85. The second kappa shape index (κ2) is 10.1. The van der Waals surface area contributed by atoms with Crippen LogP contribution in [0.1, 0.15) is 53.6 Å². The summed E-state index contributed by atoms with van der Waals surface area (Å²) < 4.78 is 6.75. The van der Waals surface area contributed by atoms with Crippen LogP contribution in [0.2, 0.25) is 0 Å². The molecule has 160 valence electrons. The van der Waals surface area contributed by atoms with E-state index in [1.807, 2.05) is 50.1 Å². The van der Waals surface area contributed by atoms with Crippen LogP contribution in [0.15, 0.2) is 40.9 Å². The highest BCUT2D eigenvalue weighted by Gasteiger charge is 2.25. The van der Waals surface area contributed by atoms with Crippen molar-refractivity contribution in [1.82, 2.24) is 4.90 Å². The van der Waals surface area contributed by atoms with Crippen molar-refractivity contribution < 1.29 is 14.3 Å². The van der Waals surface area contributed by atoms with E-state index >= 15 is 0 Å². The van der Waals surface area contributed by atoms with Crippen LogP contribution in [0.25, 0.3) is 0 Å². The topological polar surface area (TPSA) is 58.6 Å². The molecule has 3 rings (SSSR count). The Morgan fingerprint density at radius 3 is 2.40 bits per heavy atom. The number of amides is 2. The first-order valence-electron chi connectivity index (χ1n) is 10.4. The third-order valence-electron chi connectivity index (χ3n) is 5.65. The average molecular weight is 473 g/mol. The van der Waals surface area contributed by atoms with E-state index in [9.17, 15) is 9.59 Å². The van der Waals surface area contributed by atoms with Crippen molar-refractivity contribution >= 4 is 33.4 Å². The Balaban J connectivity index is 1.67. The van der Waals surface area contributed by atoms with Gasteiger partial charge >= 0.3 is 0 Å². The Labute approximate surface area is 186 Å². The van der Waals surface area contributed by atoms with E-state index in [0.29, 0.717) is 17.0 Å². The SMILES string of the molecule is Cc1cc(Br)cc(C)c1OCC(=O)Nc1ccccc1C(=O)N(C)C1CCCCC1. The molecule has 0 atom stereocenters. The molecule has 0 spiro atoms. The zero-order chi connectivity index (χ0) is 21.7. The quantitative estimate of drug-likeness (QED) is 0.604. The van der Waals surface area contributed by atoms with Crippen LogP contribution >= 0.6 is 15.9 Å². The molecule has 5 nitrogen and oxygen atoms in total. The maximum Gasteiger partial charge on any atom is 0.262 e. The Hall–Kier alpha value is -2.34. The van der Waals surface area contributed by atoms with Gasteiger partial charge in [0.05, 0.1) is 11.3 Å². The van der Waals surface area contributed by atoms with Gasteiger partial charge in [0.1, 0.15) is 5.75 Å². The molecule has 2 amide bonds. The standard InChI is InChI=1S/C24H29BrN2O3/c1-16-13-18(25)14-17(2)23(16)30-15-22(28)26-21-12-8-7-11-20(21)24(29)27(3)19-9-5-4-6-10-19/h7-8,11-14,19H,4-6,9-10,15H2,1-3H3,(H,26,28). The highest BCUT2D eigenvalue weighted by atomic mass is 79.9. The molecule has 30 heavy (non-hydrogen) atoms. The molecule has 1 N–H and O–H groups in total. The monoisotopic (exact) mass is 472 g/mol.